The highest BCUT2D eigenvalue weighted by Gasteiger charge is 2.08. The number of benzene rings is 1. The van der Waals surface area contributed by atoms with E-state index in [1.54, 1.807) is 0 Å². The van der Waals surface area contributed by atoms with E-state index in [4.69, 9.17) is 5.26 Å². The van der Waals surface area contributed by atoms with Gasteiger partial charge in [0.25, 0.3) is 0 Å². The minimum absolute atomic E-state index is 0.360. The molecule has 3 nitrogen and oxygen atoms in total. The molecule has 1 aromatic carbocycles. The SMILES string of the molecule is Cc1cccc(-n2nc(CC#N)cc2C)c1C. The van der Waals surface area contributed by atoms with Crippen LogP contribution in [0.1, 0.15) is 22.5 Å². The Kier molecular flexibility index (Phi) is 2.97. The Morgan fingerprint density at radius 3 is 2.76 bits per heavy atom. The summed E-state index contributed by atoms with van der Waals surface area (Å²) in [6.07, 6.45) is 0.360. The lowest BCUT2D eigenvalue weighted by Gasteiger charge is -2.10. The zero-order chi connectivity index (χ0) is 12.4. The highest BCUT2D eigenvalue weighted by Crippen LogP contribution is 2.19. The Balaban J connectivity index is 2.53. The van der Waals surface area contributed by atoms with Crippen LogP contribution in [0.15, 0.2) is 24.3 Å². The number of rotatable bonds is 2. The van der Waals surface area contributed by atoms with Gasteiger partial charge in [-0.2, -0.15) is 10.4 Å². The molecule has 0 aliphatic heterocycles. The van der Waals surface area contributed by atoms with Crippen LogP contribution in [0.5, 0.6) is 0 Å². The molecule has 0 unspecified atom stereocenters. The van der Waals surface area contributed by atoms with Crippen LogP contribution < -0.4 is 0 Å². The minimum atomic E-state index is 0.360. The first kappa shape index (κ1) is 11.4. The quantitative estimate of drug-likeness (QED) is 0.788. The number of hydrogen-bond donors (Lipinski definition) is 0. The zero-order valence-electron chi connectivity index (χ0n) is 10.4. The number of nitrogens with zero attached hydrogens (tertiary/aromatic N) is 3. The highest BCUT2D eigenvalue weighted by atomic mass is 15.3. The number of aromatic nitrogens is 2. The van der Waals surface area contributed by atoms with Crippen molar-refractivity contribution in [3.63, 3.8) is 0 Å². The molecule has 0 aliphatic carbocycles. The van der Waals surface area contributed by atoms with E-state index in [-0.39, 0.29) is 0 Å². The van der Waals surface area contributed by atoms with E-state index in [9.17, 15) is 0 Å². The maximum Gasteiger partial charge on any atom is 0.0793 e. The van der Waals surface area contributed by atoms with Gasteiger partial charge in [-0.1, -0.05) is 12.1 Å². The first-order chi connectivity index (χ1) is 8.13. The molecule has 0 saturated carbocycles. The van der Waals surface area contributed by atoms with Crippen LogP contribution in [-0.2, 0) is 6.42 Å². The summed E-state index contributed by atoms with van der Waals surface area (Å²) in [5.41, 5.74) is 5.45. The lowest BCUT2D eigenvalue weighted by Crippen LogP contribution is -2.02. The summed E-state index contributed by atoms with van der Waals surface area (Å²) >= 11 is 0. The van der Waals surface area contributed by atoms with Crippen molar-refractivity contribution in [1.29, 1.82) is 5.26 Å². The van der Waals surface area contributed by atoms with Crippen LogP contribution in [0, 0.1) is 32.1 Å². The molecule has 0 bridgehead atoms. The average Bonchev–Trinajstić information content (AvgIpc) is 2.64. The molecular formula is C14H15N3. The van der Waals surface area contributed by atoms with Crippen molar-refractivity contribution in [2.45, 2.75) is 27.2 Å². The van der Waals surface area contributed by atoms with Gasteiger partial charge in [-0.25, -0.2) is 4.68 Å². The third kappa shape index (κ3) is 2.07. The third-order valence-corrected chi connectivity index (χ3v) is 3.00. The Bertz CT molecular complexity index is 588. The van der Waals surface area contributed by atoms with Gasteiger partial charge < -0.3 is 0 Å². The Labute approximate surface area is 101 Å². The van der Waals surface area contributed by atoms with E-state index >= 15 is 0 Å². The van der Waals surface area contributed by atoms with Crippen molar-refractivity contribution in [3.8, 4) is 11.8 Å². The summed E-state index contributed by atoms with van der Waals surface area (Å²) < 4.78 is 1.91. The summed E-state index contributed by atoms with van der Waals surface area (Å²) in [4.78, 5) is 0. The second kappa shape index (κ2) is 4.42. The molecule has 0 spiro atoms. The van der Waals surface area contributed by atoms with Crippen LogP contribution in [0.25, 0.3) is 5.69 Å². The van der Waals surface area contributed by atoms with Gasteiger partial charge in [0, 0.05) is 5.69 Å². The van der Waals surface area contributed by atoms with Gasteiger partial charge in [0.1, 0.15) is 0 Å². The largest absolute Gasteiger partial charge is 0.238 e. The van der Waals surface area contributed by atoms with E-state index in [0.717, 1.165) is 17.1 Å². The zero-order valence-corrected chi connectivity index (χ0v) is 10.4. The topological polar surface area (TPSA) is 41.6 Å². The fourth-order valence-corrected chi connectivity index (χ4v) is 1.91. The fourth-order valence-electron chi connectivity index (χ4n) is 1.91. The lowest BCUT2D eigenvalue weighted by molar-refractivity contribution is 0.819. The molecule has 0 aliphatic rings. The third-order valence-electron chi connectivity index (χ3n) is 3.00. The van der Waals surface area contributed by atoms with Crippen molar-refractivity contribution in [3.05, 3.63) is 46.8 Å². The molecule has 17 heavy (non-hydrogen) atoms. The summed E-state index contributed by atoms with van der Waals surface area (Å²) in [6, 6.07) is 10.3. The molecule has 1 aromatic heterocycles. The monoisotopic (exact) mass is 225 g/mol. The lowest BCUT2D eigenvalue weighted by atomic mass is 10.1. The predicted octanol–water partition coefficient (Wildman–Crippen LogP) is 2.86. The van der Waals surface area contributed by atoms with Gasteiger partial charge in [0.2, 0.25) is 0 Å². The van der Waals surface area contributed by atoms with Crippen LogP contribution in [0.2, 0.25) is 0 Å². The molecule has 0 radical (unpaired) electrons. The molecular weight excluding hydrogens is 210 g/mol. The molecule has 0 amide bonds. The fraction of sp³-hybridized carbons (Fsp3) is 0.286. The van der Waals surface area contributed by atoms with E-state index in [1.807, 2.05) is 23.7 Å². The predicted molar refractivity (Wildman–Crippen MR) is 67.1 cm³/mol. The van der Waals surface area contributed by atoms with Gasteiger partial charge in [-0.3, -0.25) is 0 Å². The van der Waals surface area contributed by atoms with Crippen LogP contribution in [0.3, 0.4) is 0 Å². The van der Waals surface area contributed by atoms with Crippen molar-refractivity contribution in [2.75, 3.05) is 0 Å². The van der Waals surface area contributed by atoms with Crippen molar-refractivity contribution in [1.82, 2.24) is 9.78 Å². The normalized spacial score (nSPS) is 10.2. The maximum atomic E-state index is 8.69. The summed E-state index contributed by atoms with van der Waals surface area (Å²) in [6.45, 7) is 6.19. The Hall–Kier alpha value is -2.08. The maximum absolute atomic E-state index is 8.69. The van der Waals surface area contributed by atoms with Gasteiger partial charge in [-0.15, -0.1) is 0 Å². The Morgan fingerprint density at radius 1 is 1.29 bits per heavy atom. The Morgan fingerprint density at radius 2 is 2.06 bits per heavy atom. The van der Waals surface area contributed by atoms with Gasteiger partial charge in [0.15, 0.2) is 0 Å². The molecule has 3 heteroatoms. The van der Waals surface area contributed by atoms with E-state index < -0.39 is 0 Å². The smallest absolute Gasteiger partial charge is 0.0793 e. The van der Waals surface area contributed by atoms with Gasteiger partial charge >= 0.3 is 0 Å². The molecule has 0 N–H and O–H groups in total. The average molecular weight is 225 g/mol. The molecule has 2 rings (SSSR count). The minimum Gasteiger partial charge on any atom is -0.238 e. The van der Waals surface area contributed by atoms with Crippen LogP contribution in [-0.4, -0.2) is 9.78 Å². The van der Waals surface area contributed by atoms with E-state index in [2.05, 4.69) is 37.1 Å². The summed E-state index contributed by atoms with van der Waals surface area (Å²) in [5, 5.41) is 13.2. The first-order valence-corrected chi connectivity index (χ1v) is 5.62. The standard InChI is InChI=1S/C14H15N3/c1-10-5-4-6-14(12(10)3)17-11(2)9-13(16-17)7-8-15/h4-6,9H,7H2,1-3H3. The van der Waals surface area contributed by atoms with Crippen molar-refractivity contribution in [2.24, 2.45) is 0 Å². The number of nitriles is 1. The van der Waals surface area contributed by atoms with Crippen LogP contribution >= 0.6 is 0 Å². The van der Waals surface area contributed by atoms with Crippen molar-refractivity contribution < 1.29 is 0 Å². The number of hydrogen-bond acceptors (Lipinski definition) is 2. The molecule has 2 aromatic rings. The number of aryl methyl sites for hydroxylation is 2. The molecule has 0 saturated heterocycles. The summed E-state index contributed by atoms with van der Waals surface area (Å²) in [7, 11) is 0. The summed E-state index contributed by atoms with van der Waals surface area (Å²) in [5.74, 6) is 0. The van der Waals surface area contributed by atoms with Crippen LogP contribution in [0.4, 0.5) is 0 Å². The molecule has 0 atom stereocenters. The van der Waals surface area contributed by atoms with E-state index in [1.165, 1.54) is 11.1 Å². The molecule has 1 heterocycles. The van der Waals surface area contributed by atoms with Crippen molar-refractivity contribution >= 4 is 0 Å². The second-order valence-corrected chi connectivity index (χ2v) is 4.24. The van der Waals surface area contributed by atoms with Gasteiger partial charge in [-0.05, 0) is 44.0 Å². The molecule has 0 fully saturated rings. The first-order valence-electron chi connectivity index (χ1n) is 5.62. The van der Waals surface area contributed by atoms with E-state index in [0.29, 0.717) is 6.42 Å². The molecule has 86 valence electrons. The second-order valence-electron chi connectivity index (χ2n) is 4.24. The highest BCUT2D eigenvalue weighted by molar-refractivity contribution is 5.45. The van der Waals surface area contributed by atoms with Gasteiger partial charge in [0.05, 0.1) is 23.9 Å².